The summed E-state index contributed by atoms with van der Waals surface area (Å²) in [6, 6.07) is 12.6. The number of alkyl halides is 2. The Morgan fingerprint density at radius 3 is 2.36 bits per heavy atom. The number of amides is 1. The van der Waals surface area contributed by atoms with Crippen LogP contribution in [0.4, 0.5) is 8.78 Å². The molecule has 0 aliphatic heterocycles. The number of rotatable bonds is 5. The molecule has 3 aromatic rings. The number of halogens is 3. The predicted octanol–water partition coefficient (Wildman–Crippen LogP) is 5.31. The van der Waals surface area contributed by atoms with Gasteiger partial charge in [-0.05, 0) is 50.5 Å². The highest BCUT2D eigenvalue weighted by Gasteiger charge is 2.44. The van der Waals surface area contributed by atoms with Gasteiger partial charge < -0.3 is 10.3 Å². The second kappa shape index (κ2) is 8.78. The van der Waals surface area contributed by atoms with Crippen LogP contribution in [-0.4, -0.2) is 27.9 Å². The van der Waals surface area contributed by atoms with Crippen LogP contribution in [0.25, 0.3) is 5.69 Å². The Hall–Kier alpha value is -2.93. The van der Waals surface area contributed by atoms with Gasteiger partial charge in [-0.1, -0.05) is 41.4 Å². The van der Waals surface area contributed by atoms with E-state index in [0.717, 1.165) is 11.1 Å². The zero-order chi connectivity index (χ0) is 23.8. The number of hydrogen-bond donors (Lipinski definition) is 2. The summed E-state index contributed by atoms with van der Waals surface area (Å²) >= 11 is 6.30. The summed E-state index contributed by atoms with van der Waals surface area (Å²) in [6.45, 7) is 3.95. The molecule has 0 radical (unpaired) electrons. The first-order valence-corrected chi connectivity index (χ1v) is 11.3. The second-order valence-corrected chi connectivity index (χ2v) is 9.37. The van der Waals surface area contributed by atoms with Gasteiger partial charge in [0, 0.05) is 36.7 Å². The maximum atomic E-state index is 13.9. The summed E-state index contributed by atoms with van der Waals surface area (Å²) in [4.78, 5) is 27.9. The smallest absolute Gasteiger partial charge is 0.330 e. The SMILES string of the molecule is Cc1ccc(C2(CNC(=O)c3cc(-n4cc(C)[nH]c4=O)ccc3Cl)CCC(F)(F)CC2)cc1. The fraction of sp³-hybridized carbons (Fsp3) is 0.360. The molecule has 0 spiro atoms. The van der Waals surface area contributed by atoms with Crippen molar-refractivity contribution in [1.82, 2.24) is 14.9 Å². The molecule has 0 atom stereocenters. The maximum absolute atomic E-state index is 13.9. The van der Waals surface area contributed by atoms with Gasteiger partial charge in [-0.15, -0.1) is 0 Å². The Bertz CT molecular complexity index is 1220. The average molecular weight is 474 g/mol. The first-order chi connectivity index (χ1) is 15.6. The van der Waals surface area contributed by atoms with E-state index in [-0.39, 0.29) is 48.5 Å². The molecule has 174 valence electrons. The van der Waals surface area contributed by atoms with Crippen molar-refractivity contribution in [3.05, 3.63) is 86.6 Å². The monoisotopic (exact) mass is 473 g/mol. The van der Waals surface area contributed by atoms with Gasteiger partial charge in [0.05, 0.1) is 16.3 Å². The van der Waals surface area contributed by atoms with E-state index in [1.54, 1.807) is 31.3 Å². The van der Waals surface area contributed by atoms with E-state index < -0.39 is 17.2 Å². The number of carbonyl (C=O) groups excluding carboxylic acids is 1. The fourth-order valence-corrected chi connectivity index (χ4v) is 4.66. The van der Waals surface area contributed by atoms with Gasteiger partial charge in [-0.25, -0.2) is 13.6 Å². The molecule has 5 nitrogen and oxygen atoms in total. The second-order valence-electron chi connectivity index (χ2n) is 8.96. The van der Waals surface area contributed by atoms with Crippen molar-refractivity contribution in [2.24, 2.45) is 0 Å². The minimum Gasteiger partial charge on any atom is -0.351 e. The van der Waals surface area contributed by atoms with Crippen molar-refractivity contribution >= 4 is 17.5 Å². The topological polar surface area (TPSA) is 66.9 Å². The summed E-state index contributed by atoms with van der Waals surface area (Å²) < 4.78 is 29.3. The van der Waals surface area contributed by atoms with Gasteiger partial charge in [0.2, 0.25) is 5.92 Å². The lowest BCUT2D eigenvalue weighted by molar-refractivity contribution is -0.0516. The number of imidazole rings is 1. The zero-order valence-electron chi connectivity index (χ0n) is 18.6. The third-order valence-corrected chi connectivity index (χ3v) is 6.84. The predicted molar refractivity (Wildman–Crippen MR) is 125 cm³/mol. The molecule has 1 amide bonds. The Morgan fingerprint density at radius 1 is 1.09 bits per heavy atom. The number of carbonyl (C=O) groups is 1. The van der Waals surface area contributed by atoms with E-state index in [0.29, 0.717) is 11.4 Å². The number of aromatic amines is 1. The van der Waals surface area contributed by atoms with Crippen LogP contribution < -0.4 is 11.0 Å². The van der Waals surface area contributed by atoms with E-state index in [1.807, 2.05) is 31.2 Å². The van der Waals surface area contributed by atoms with Gasteiger partial charge in [0.1, 0.15) is 0 Å². The summed E-state index contributed by atoms with van der Waals surface area (Å²) in [5.41, 5.74) is 2.54. The molecule has 1 saturated carbocycles. The molecule has 1 aliphatic rings. The molecular formula is C25H26ClF2N3O2. The van der Waals surface area contributed by atoms with Crippen LogP contribution in [0.5, 0.6) is 0 Å². The normalized spacial score (nSPS) is 17.0. The minimum atomic E-state index is -2.68. The number of hydrogen-bond acceptors (Lipinski definition) is 2. The number of aryl methyl sites for hydroxylation is 2. The third-order valence-electron chi connectivity index (χ3n) is 6.51. The number of nitrogens with zero attached hydrogens (tertiary/aromatic N) is 1. The Morgan fingerprint density at radius 2 is 1.76 bits per heavy atom. The molecule has 33 heavy (non-hydrogen) atoms. The Kier molecular flexibility index (Phi) is 6.18. The van der Waals surface area contributed by atoms with Gasteiger partial charge in [-0.3, -0.25) is 9.36 Å². The molecule has 0 unspecified atom stereocenters. The average Bonchev–Trinajstić information content (AvgIpc) is 3.12. The molecule has 2 aromatic carbocycles. The van der Waals surface area contributed by atoms with Crippen LogP contribution in [0.1, 0.15) is 52.9 Å². The zero-order valence-corrected chi connectivity index (χ0v) is 19.3. The van der Waals surface area contributed by atoms with Crippen LogP contribution in [-0.2, 0) is 5.41 Å². The summed E-state index contributed by atoms with van der Waals surface area (Å²) in [5.74, 6) is -3.09. The lowest BCUT2D eigenvalue weighted by Crippen LogP contribution is -2.45. The fourth-order valence-electron chi connectivity index (χ4n) is 4.46. The molecular weight excluding hydrogens is 448 g/mol. The van der Waals surface area contributed by atoms with Gasteiger partial charge in [0.25, 0.3) is 5.91 Å². The van der Waals surface area contributed by atoms with Crippen molar-refractivity contribution in [2.45, 2.75) is 50.9 Å². The van der Waals surface area contributed by atoms with Crippen molar-refractivity contribution in [1.29, 1.82) is 0 Å². The Labute approximate surface area is 195 Å². The molecule has 8 heteroatoms. The highest BCUT2D eigenvalue weighted by molar-refractivity contribution is 6.33. The van der Waals surface area contributed by atoms with Crippen molar-refractivity contribution < 1.29 is 13.6 Å². The highest BCUT2D eigenvalue weighted by atomic mass is 35.5. The lowest BCUT2D eigenvalue weighted by Gasteiger charge is -2.41. The molecule has 1 aliphatic carbocycles. The molecule has 1 fully saturated rings. The largest absolute Gasteiger partial charge is 0.351 e. The van der Waals surface area contributed by atoms with Gasteiger partial charge in [-0.2, -0.15) is 0 Å². The van der Waals surface area contributed by atoms with Crippen LogP contribution in [0.2, 0.25) is 5.02 Å². The molecule has 0 saturated heterocycles. The van der Waals surface area contributed by atoms with Crippen molar-refractivity contribution in [2.75, 3.05) is 6.54 Å². The highest BCUT2D eigenvalue weighted by Crippen LogP contribution is 2.45. The summed E-state index contributed by atoms with van der Waals surface area (Å²) in [6.07, 6.45) is 1.75. The van der Waals surface area contributed by atoms with Crippen molar-refractivity contribution in [3.8, 4) is 5.69 Å². The molecule has 0 bridgehead atoms. The first-order valence-electron chi connectivity index (χ1n) is 10.9. The number of benzene rings is 2. The number of H-pyrrole nitrogens is 1. The van der Waals surface area contributed by atoms with Gasteiger partial charge >= 0.3 is 5.69 Å². The Balaban J connectivity index is 1.59. The standard InChI is InChI=1S/C25H26ClF2N3O2/c1-16-3-5-18(6-4-16)24(9-11-25(27,28)12-10-24)15-29-22(32)20-13-19(7-8-21(20)26)31-14-17(2)30-23(31)33/h3-8,13-14H,9-12,15H2,1-2H3,(H,29,32)(H,30,33). The quantitative estimate of drug-likeness (QED) is 0.527. The van der Waals surface area contributed by atoms with Crippen LogP contribution in [0.3, 0.4) is 0 Å². The summed E-state index contributed by atoms with van der Waals surface area (Å²) in [5, 5.41) is 3.17. The van der Waals surface area contributed by atoms with Crippen LogP contribution in [0, 0.1) is 13.8 Å². The molecule has 2 N–H and O–H groups in total. The number of aromatic nitrogens is 2. The van der Waals surface area contributed by atoms with Crippen molar-refractivity contribution in [3.63, 3.8) is 0 Å². The van der Waals surface area contributed by atoms with E-state index in [9.17, 15) is 18.4 Å². The van der Waals surface area contributed by atoms with E-state index in [2.05, 4.69) is 10.3 Å². The van der Waals surface area contributed by atoms with Gasteiger partial charge in [0.15, 0.2) is 0 Å². The first kappa shape index (κ1) is 23.2. The van der Waals surface area contributed by atoms with E-state index in [4.69, 9.17) is 11.6 Å². The lowest BCUT2D eigenvalue weighted by atomic mass is 9.68. The number of nitrogens with one attached hydrogen (secondary N) is 2. The molecule has 1 aromatic heterocycles. The van der Waals surface area contributed by atoms with Crippen LogP contribution >= 0.6 is 11.6 Å². The van der Waals surface area contributed by atoms with E-state index in [1.165, 1.54) is 4.57 Å². The molecule has 1 heterocycles. The van der Waals surface area contributed by atoms with Crippen LogP contribution in [0.15, 0.2) is 53.5 Å². The molecule has 4 rings (SSSR count). The minimum absolute atomic E-state index is 0.217. The summed E-state index contributed by atoms with van der Waals surface area (Å²) in [7, 11) is 0. The maximum Gasteiger partial charge on any atom is 0.330 e. The van der Waals surface area contributed by atoms with E-state index >= 15 is 0 Å². The third kappa shape index (κ3) is 4.88.